The molecule has 1 unspecified atom stereocenters. The molecule has 1 fully saturated rings. The monoisotopic (exact) mass is 489 g/mol. The SMILES string of the molecule is C=C1C2CC(c3ccnc(Nc4ccnn4C)n3)=CN2CCCN1/C(CCC1=CCCC=C1F)=N\N. The van der Waals surface area contributed by atoms with Gasteiger partial charge in [0.25, 0.3) is 0 Å². The standard InChI is InChI=1S/C26H32FN9/c1-18-23-16-20(22-10-12-29-26(31-22)32-24-11-13-30-34(24)2)17-35(23)14-5-15-36(18)25(33-28)9-8-19-6-3-4-7-21(19)27/h6-7,10-13,17,23H,1,3-5,8-9,14-16,28H2,2H3,(H,29,31,32)/b33-25-. The number of aryl methyl sites for hydroxylation is 1. The number of hydrazone groups is 1. The van der Waals surface area contributed by atoms with E-state index in [1.807, 2.05) is 25.3 Å². The molecule has 1 atom stereocenters. The normalized spacial score (nSPS) is 20.5. The van der Waals surface area contributed by atoms with Crippen LogP contribution in [0.5, 0.6) is 0 Å². The van der Waals surface area contributed by atoms with Crippen molar-refractivity contribution in [3.63, 3.8) is 0 Å². The molecule has 4 heterocycles. The molecule has 2 aromatic rings. The van der Waals surface area contributed by atoms with E-state index in [9.17, 15) is 4.39 Å². The molecule has 1 saturated heterocycles. The highest BCUT2D eigenvalue weighted by Gasteiger charge is 2.34. The van der Waals surface area contributed by atoms with E-state index in [4.69, 9.17) is 10.8 Å². The molecule has 0 spiro atoms. The fourth-order valence-corrected chi connectivity index (χ4v) is 5.04. The second-order valence-corrected chi connectivity index (χ2v) is 9.24. The summed E-state index contributed by atoms with van der Waals surface area (Å²) in [5, 5.41) is 11.5. The van der Waals surface area contributed by atoms with Crippen LogP contribution in [-0.4, -0.2) is 54.5 Å². The lowest BCUT2D eigenvalue weighted by Gasteiger charge is -2.31. The zero-order chi connectivity index (χ0) is 25.1. The van der Waals surface area contributed by atoms with E-state index in [-0.39, 0.29) is 11.9 Å². The Labute approximate surface area is 210 Å². The zero-order valence-electron chi connectivity index (χ0n) is 20.6. The lowest BCUT2D eigenvalue weighted by molar-refractivity contribution is 0.336. The fourth-order valence-electron chi connectivity index (χ4n) is 5.04. The van der Waals surface area contributed by atoms with Gasteiger partial charge in [-0.3, -0.25) is 4.68 Å². The van der Waals surface area contributed by atoms with E-state index in [1.54, 1.807) is 23.2 Å². The maximum atomic E-state index is 14.2. The first kappa shape index (κ1) is 23.8. The van der Waals surface area contributed by atoms with E-state index in [0.717, 1.165) is 73.0 Å². The highest BCUT2D eigenvalue weighted by Crippen LogP contribution is 2.36. The Hall–Kier alpha value is -3.95. The van der Waals surface area contributed by atoms with E-state index >= 15 is 0 Å². The molecule has 3 N–H and O–H groups in total. The number of nitrogens with two attached hydrogens (primary N) is 1. The third-order valence-electron chi connectivity index (χ3n) is 6.98. The third-order valence-corrected chi connectivity index (χ3v) is 6.98. The van der Waals surface area contributed by atoms with Crippen LogP contribution in [-0.2, 0) is 7.05 Å². The molecule has 10 heteroatoms. The van der Waals surface area contributed by atoms with Gasteiger partial charge >= 0.3 is 0 Å². The van der Waals surface area contributed by atoms with E-state index in [0.29, 0.717) is 18.8 Å². The van der Waals surface area contributed by atoms with Crippen molar-refractivity contribution in [2.45, 2.75) is 44.6 Å². The van der Waals surface area contributed by atoms with Gasteiger partial charge in [0.1, 0.15) is 17.5 Å². The van der Waals surface area contributed by atoms with Gasteiger partial charge in [-0.25, -0.2) is 14.4 Å². The molecule has 0 saturated carbocycles. The average Bonchev–Trinajstić information content (AvgIpc) is 3.46. The maximum Gasteiger partial charge on any atom is 0.228 e. The van der Waals surface area contributed by atoms with Crippen LogP contribution in [0.4, 0.5) is 16.2 Å². The largest absolute Gasteiger partial charge is 0.368 e. The summed E-state index contributed by atoms with van der Waals surface area (Å²) >= 11 is 0. The quantitative estimate of drug-likeness (QED) is 0.271. The number of fused-ring (bicyclic) bond motifs is 1. The number of anilines is 2. The summed E-state index contributed by atoms with van der Waals surface area (Å²) in [5.41, 5.74) is 3.71. The van der Waals surface area contributed by atoms with Gasteiger partial charge in [0.15, 0.2) is 0 Å². The Morgan fingerprint density at radius 1 is 1.25 bits per heavy atom. The van der Waals surface area contributed by atoms with Crippen LogP contribution >= 0.6 is 0 Å². The first-order chi connectivity index (χ1) is 17.5. The zero-order valence-corrected chi connectivity index (χ0v) is 20.6. The predicted molar refractivity (Wildman–Crippen MR) is 139 cm³/mol. The molecule has 9 nitrogen and oxygen atoms in total. The second kappa shape index (κ2) is 10.3. The maximum absolute atomic E-state index is 14.2. The minimum atomic E-state index is -0.120. The number of halogens is 1. The van der Waals surface area contributed by atoms with Crippen molar-refractivity contribution in [3.05, 3.63) is 72.2 Å². The van der Waals surface area contributed by atoms with Gasteiger partial charge in [-0.05, 0) is 49.0 Å². The van der Waals surface area contributed by atoms with Crippen LogP contribution in [0.2, 0.25) is 0 Å². The molecule has 0 aromatic carbocycles. The number of hydrogen-bond acceptors (Lipinski definition) is 7. The average molecular weight is 490 g/mol. The van der Waals surface area contributed by atoms with Crippen molar-refractivity contribution >= 4 is 23.2 Å². The van der Waals surface area contributed by atoms with E-state index < -0.39 is 0 Å². The second-order valence-electron chi connectivity index (χ2n) is 9.24. The summed E-state index contributed by atoms with van der Waals surface area (Å²) in [6, 6.07) is 3.90. The topological polar surface area (TPSA) is 100 Å². The van der Waals surface area contributed by atoms with Crippen LogP contribution < -0.4 is 11.2 Å². The van der Waals surface area contributed by atoms with Crippen molar-refractivity contribution in [2.24, 2.45) is 18.0 Å². The van der Waals surface area contributed by atoms with E-state index in [1.165, 1.54) is 0 Å². The molecule has 188 valence electrons. The van der Waals surface area contributed by atoms with Gasteiger partial charge in [-0.2, -0.15) is 10.2 Å². The van der Waals surface area contributed by atoms with Crippen molar-refractivity contribution < 1.29 is 4.39 Å². The number of aromatic nitrogens is 4. The van der Waals surface area contributed by atoms with E-state index in [2.05, 4.69) is 43.1 Å². The van der Waals surface area contributed by atoms with Crippen LogP contribution in [0.15, 0.2) is 71.7 Å². The molecular formula is C26H32FN9. The van der Waals surface area contributed by atoms with Crippen molar-refractivity contribution in [1.82, 2.24) is 29.5 Å². The van der Waals surface area contributed by atoms with Crippen LogP contribution in [0.3, 0.4) is 0 Å². The summed E-state index contributed by atoms with van der Waals surface area (Å²) in [6.07, 6.45) is 13.8. The molecule has 1 aliphatic carbocycles. The van der Waals surface area contributed by atoms with Crippen LogP contribution in [0, 0.1) is 0 Å². The summed E-state index contributed by atoms with van der Waals surface area (Å²) < 4.78 is 15.9. The van der Waals surface area contributed by atoms with Crippen molar-refractivity contribution in [1.29, 1.82) is 0 Å². The van der Waals surface area contributed by atoms with Gasteiger partial charge in [0.2, 0.25) is 5.95 Å². The Morgan fingerprint density at radius 3 is 2.89 bits per heavy atom. The lowest BCUT2D eigenvalue weighted by Crippen LogP contribution is -2.37. The molecule has 2 aliphatic heterocycles. The van der Waals surface area contributed by atoms with Gasteiger partial charge in [-0.15, -0.1) is 0 Å². The first-order valence-electron chi connectivity index (χ1n) is 12.4. The number of nitrogens with one attached hydrogen (secondary N) is 1. The Balaban J connectivity index is 1.28. The van der Waals surface area contributed by atoms with Crippen LogP contribution in [0.1, 0.15) is 44.2 Å². The molecule has 36 heavy (non-hydrogen) atoms. The molecule has 0 bridgehead atoms. The van der Waals surface area contributed by atoms with Crippen molar-refractivity contribution in [2.75, 3.05) is 18.4 Å². The number of hydrogen-bond donors (Lipinski definition) is 2. The molecule has 3 aliphatic rings. The van der Waals surface area contributed by atoms with Crippen molar-refractivity contribution in [3.8, 4) is 0 Å². The Kier molecular flexibility index (Phi) is 6.84. The Morgan fingerprint density at radius 2 is 2.11 bits per heavy atom. The Bertz CT molecular complexity index is 1260. The predicted octanol–water partition coefficient (Wildman–Crippen LogP) is 4.21. The summed E-state index contributed by atoms with van der Waals surface area (Å²) in [6.45, 7) is 6.13. The lowest BCUT2D eigenvalue weighted by atomic mass is 10.0. The third kappa shape index (κ3) is 4.89. The molecule has 2 aromatic heterocycles. The highest BCUT2D eigenvalue weighted by atomic mass is 19.1. The number of nitrogens with zero attached hydrogens (tertiary/aromatic N) is 7. The van der Waals surface area contributed by atoms with Gasteiger partial charge in [0.05, 0.1) is 17.9 Å². The van der Waals surface area contributed by atoms with Gasteiger partial charge in [-0.1, -0.05) is 12.7 Å². The van der Waals surface area contributed by atoms with Gasteiger partial charge in [0, 0.05) is 57.1 Å². The molecule has 5 rings (SSSR count). The summed E-state index contributed by atoms with van der Waals surface area (Å²) in [4.78, 5) is 13.6. The summed E-state index contributed by atoms with van der Waals surface area (Å²) in [7, 11) is 1.86. The smallest absolute Gasteiger partial charge is 0.228 e. The first-order valence-corrected chi connectivity index (χ1v) is 12.4. The minimum absolute atomic E-state index is 0.0910. The molecule has 0 amide bonds. The summed E-state index contributed by atoms with van der Waals surface area (Å²) in [5.74, 6) is 7.80. The van der Waals surface area contributed by atoms with Gasteiger partial charge < -0.3 is 21.0 Å². The number of allylic oxidation sites excluding steroid dienone is 4. The highest BCUT2D eigenvalue weighted by molar-refractivity contribution is 5.84. The number of rotatable bonds is 6. The number of amidine groups is 1. The fraction of sp³-hybridized carbons (Fsp3) is 0.385. The van der Waals surface area contributed by atoms with Crippen LogP contribution in [0.25, 0.3) is 5.57 Å². The minimum Gasteiger partial charge on any atom is -0.368 e. The molecular weight excluding hydrogens is 457 g/mol. The molecule has 0 radical (unpaired) electrons.